The molecule has 5 nitrogen and oxygen atoms in total. The third-order valence-corrected chi connectivity index (χ3v) is 7.21. The van der Waals surface area contributed by atoms with Crippen molar-refractivity contribution in [1.29, 1.82) is 0 Å². The van der Waals surface area contributed by atoms with Crippen molar-refractivity contribution in [3.8, 4) is 0 Å². The molecule has 1 rings (SSSR count). The summed E-state index contributed by atoms with van der Waals surface area (Å²) in [5.74, 6) is 0.370. The lowest BCUT2D eigenvalue weighted by molar-refractivity contribution is -0.186. The molecule has 1 aliphatic rings. The van der Waals surface area contributed by atoms with Crippen LogP contribution in [0.4, 0.5) is 0 Å². The van der Waals surface area contributed by atoms with Crippen molar-refractivity contribution in [1.82, 2.24) is 4.90 Å². The number of ether oxygens (including phenoxy) is 1. The second kappa shape index (κ2) is 13.5. The van der Waals surface area contributed by atoms with Crippen LogP contribution in [0.25, 0.3) is 0 Å². The summed E-state index contributed by atoms with van der Waals surface area (Å²) in [6, 6.07) is 0. The third kappa shape index (κ3) is 11.1. The van der Waals surface area contributed by atoms with Crippen LogP contribution >= 0.6 is 0 Å². The zero-order valence-electron chi connectivity index (χ0n) is 17.7. The molecule has 0 aromatic heterocycles. The van der Waals surface area contributed by atoms with Gasteiger partial charge in [0.1, 0.15) is 15.9 Å². The summed E-state index contributed by atoms with van der Waals surface area (Å²) in [7, 11) is 0.908. The Labute approximate surface area is 167 Å². The fraction of sp³-hybridized carbons (Fsp3) is 0.952. The van der Waals surface area contributed by atoms with Gasteiger partial charge in [0.15, 0.2) is 0 Å². The molecular formula is C21H41NO4S. The second-order valence-corrected chi connectivity index (χ2v) is 10.6. The maximum atomic E-state index is 12.1. The molecule has 160 valence electrons. The first kappa shape index (κ1) is 24.4. The molecule has 0 bridgehead atoms. The molecule has 0 spiro atoms. The van der Waals surface area contributed by atoms with E-state index in [0.717, 1.165) is 19.4 Å². The molecule has 6 heteroatoms. The van der Waals surface area contributed by atoms with Crippen molar-refractivity contribution in [2.24, 2.45) is 5.92 Å². The van der Waals surface area contributed by atoms with E-state index in [2.05, 4.69) is 6.92 Å². The summed E-state index contributed by atoms with van der Waals surface area (Å²) in [4.78, 5) is 13.7. The van der Waals surface area contributed by atoms with Gasteiger partial charge in [0.05, 0.1) is 17.4 Å². The van der Waals surface area contributed by atoms with Gasteiger partial charge in [-0.2, -0.15) is 0 Å². The van der Waals surface area contributed by atoms with Crippen molar-refractivity contribution in [3.05, 3.63) is 0 Å². The Bertz CT molecular complexity index is 504. The Morgan fingerprint density at radius 3 is 2.04 bits per heavy atom. The summed E-state index contributed by atoms with van der Waals surface area (Å²) < 4.78 is 29.4. The molecule has 2 atom stereocenters. The maximum Gasteiger partial charge on any atom is 0.313 e. The minimum atomic E-state index is -2.99. The largest absolute Gasteiger partial charge is 0.461 e. The quantitative estimate of drug-likeness (QED) is 0.269. The lowest BCUT2D eigenvalue weighted by Crippen LogP contribution is -2.45. The van der Waals surface area contributed by atoms with Gasteiger partial charge >= 0.3 is 5.97 Å². The third-order valence-electron chi connectivity index (χ3n) is 5.39. The summed E-state index contributed by atoms with van der Waals surface area (Å²) >= 11 is 0. The number of nitrogens with zero attached hydrogens (tertiary/aromatic N) is 1. The number of rotatable bonds is 17. The minimum absolute atomic E-state index is 0.00142. The Kier molecular flexibility index (Phi) is 12.2. The van der Waals surface area contributed by atoms with E-state index in [1.807, 2.05) is 19.0 Å². The lowest BCUT2D eigenvalue weighted by Gasteiger charge is -2.35. The van der Waals surface area contributed by atoms with Crippen LogP contribution in [0.2, 0.25) is 0 Å². The molecule has 1 fully saturated rings. The van der Waals surface area contributed by atoms with Crippen LogP contribution in [0, 0.1) is 5.92 Å². The van der Waals surface area contributed by atoms with Gasteiger partial charge in [-0.05, 0) is 46.3 Å². The second-order valence-electron chi connectivity index (χ2n) is 8.30. The number of carbonyl (C=O) groups excluding carboxylic acids is 1. The van der Waals surface area contributed by atoms with E-state index in [1.165, 1.54) is 44.9 Å². The fourth-order valence-corrected chi connectivity index (χ4v) is 5.05. The highest BCUT2D eigenvalue weighted by Gasteiger charge is 2.41. The van der Waals surface area contributed by atoms with E-state index in [9.17, 15) is 13.2 Å². The van der Waals surface area contributed by atoms with Crippen LogP contribution < -0.4 is 0 Å². The maximum absolute atomic E-state index is 12.1. The Morgan fingerprint density at radius 1 is 0.852 bits per heavy atom. The normalized spacial score (nSPS) is 19.9. The molecule has 0 unspecified atom stereocenters. The zero-order chi connectivity index (χ0) is 20.1. The summed E-state index contributed by atoms with van der Waals surface area (Å²) in [6.07, 6.45) is 12.9. The molecule has 1 aliphatic heterocycles. The Morgan fingerprint density at radius 2 is 1.44 bits per heavy atom. The summed E-state index contributed by atoms with van der Waals surface area (Å²) in [5.41, 5.74) is 0. The van der Waals surface area contributed by atoms with Gasteiger partial charge in [0.2, 0.25) is 0 Å². The van der Waals surface area contributed by atoms with Crippen molar-refractivity contribution >= 4 is 15.8 Å². The van der Waals surface area contributed by atoms with Crippen LogP contribution in [-0.4, -0.2) is 57.5 Å². The Hall–Kier alpha value is -0.620. The minimum Gasteiger partial charge on any atom is -0.461 e. The fourth-order valence-electron chi connectivity index (χ4n) is 3.67. The molecule has 27 heavy (non-hydrogen) atoms. The first-order valence-electron chi connectivity index (χ1n) is 10.9. The molecule has 1 heterocycles. The van der Waals surface area contributed by atoms with E-state index < -0.39 is 9.84 Å². The predicted molar refractivity (Wildman–Crippen MR) is 112 cm³/mol. The number of carbonyl (C=O) groups is 1. The first-order chi connectivity index (χ1) is 12.9. The zero-order valence-corrected chi connectivity index (χ0v) is 18.6. The van der Waals surface area contributed by atoms with E-state index in [0.29, 0.717) is 19.3 Å². The number of sulfone groups is 1. The van der Waals surface area contributed by atoms with Gasteiger partial charge < -0.3 is 9.64 Å². The van der Waals surface area contributed by atoms with Crippen LogP contribution in [0.3, 0.4) is 0 Å². The number of unbranched alkanes of at least 4 members (excludes halogenated alkanes) is 7. The van der Waals surface area contributed by atoms with E-state index in [4.69, 9.17) is 4.74 Å². The molecule has 0 aliphatic carbocycles. The van der Waals surface area contributed by atoms with Crippen molar-refractivity contribution in [3.63, 3.8) is 0 Å². The molecule has 0 N–H and O–H groups in total. The Balaban J connectivity index is 2.11. The molecule has 0 aromatic carbocycles. The molecular weight excluding hydrogens is 362 g/mol. The van der Waals surface area contributed by atoms with Gasteiger partial charge in [-0.25, -0.2) is 8.42 Å². The predicted octanol–water partition coefficient (Wildman–Crippen LogP) is 4.21. The summed E-state index contributed by atoms with van der Waals surface area (Å²) in [5, 5.41) is 0. The highest BCUT2D eigenvalue weighted by atomic mass is 32.2. The summed E-state index contributed by atoms with van der Waals surface area (Å²) in [6.45, 7) is 3.02. The van der Waals surface area contributed by atoms with Crippen molar-refractivity contribution in [2.45, 2.75) is 90.1 Å². The molecule has 1 saturated heterocycles. The van der Waals surface area contributed by atoms with Gasteiger partial charge in [0.25, 0.3) is 0 Å². The average molecular weight is 404 g/mol. The van der Waals surface area contributed by atoms with E-state index in [-0.39, 0.29) is 29.5 Å². The van der Waals surface area contributed by atoms with Gasteiger partial charge in [0, 0.05) is 0 Å². The standard InChI is InChI=1S/C21H41NO4S/c1-4-5-6-7-8-9-10-11-14-19-20(26-21(19)23)15-12-17-27(24,25)18-13-16-22(2)3/h19-20H,4-18H2,1-3H3/t19-,20-/m1/s1. The lowest BCUT2D eigenvalue weighted by atomic mass is 9.88. The van der Waals surface area contributed by atoms with Crippen LogP contribution in [0.1, 0.15) is 84.0 Å². The smallest absolute Gasteiger partial charge is 0.313 e. The highest BCUT2D eigenvalue weighted by molar-refractivity contribution is 7.91. The van der Waals surface area contributed by atoms with Crippen LogP contribution in [0.15, 0.2) is 0 Å². The monoisotopic (exact) mass is 403 g/mol. The van der Waals surface area contributed by atoms with Crippen molar-refractivity contribution in [2.75, 3.05) is 32.1 Å². The number of cyclic esters (lactones) is 1. The van der Waals surface area contributed by atoms with Gasteiger partial charge in [-0.15, -0.1) is 0 Å². The van der Waals surface area contributed by atoms with Crippen molar-refractivity contribution < 1.29 is 17.9 Å². The topological polar surface area (TPSA) is 63.7 Å². The molecule has 0 saturated carbocycles. The van der Waals surface area contributed by atoms with Gasteiger partial charge in [-0.1, -0.05) is 58.3 Å². The average Bonchev–Trinajstić information content (AvgIpc) is 2.59. The molecule has 0 amide bonds. The van der Waals surface area contributed by atoms with Gasteiger partial charge in [-0.3, -0.25) is 4.79 Å². The number of esters is 1. The van der Waals surface area contributed by atoms with E-state index >= 15 is 0 Å². The number of hydrogen-bond acceptors (Lipinski definition) is 5. The molecule has 0 aromatic rings. The van der Waals surface area contributed by atoms with Crippen LogP contribution in [-0.2, 0) is 19.4 Å². The highest BCUT2D eigenvalue weighted by Crippen LogP contribution is 2.31. The van der Waals surface area contributed by atoms with Crippen LogP contribution in [0.5, 0.6) is 0 Å². The first-order valence-corrected chi connectivity index (χ1v) is 12.7. The SMILES string of the molecule is CCCCCCCCCC[C@H]1C(=O)O[C@@H]1CCCS(=O)(=O)CCCN(C)C. The molecule has 0 radical (unpaired) electrons. The number of hydrogen-bond donors (Lipinski definition) is 0. The van der Waals surface area contributed by atoms with E-state index in [1.54, 1.807) is 0 Å².